The Labute approximate surface area is 324 Å². The van der Waals surface area contributed by atoms with Gasteiger partial charge in [0.25, 0.3) is 11.8 Å². The number of fused-ring (bicyclic) bond motifs is 2. The first kappa shape index (κ1) is 35.8. The Bertz CT molecular complexity index is 2250. The van der Waals surface area contributed by atoms with Crippen LogP contribution in [0.2, 0.25) is 0 Å². The number of unbranched alkanes of at least 4 members (excludes halogenated alkanes) is 1. The highest BCUT2D eigenvalue weighted by molar-refractivity contribution is 9.10. The van der Waals surface area contributed by atoms with Gasteiger partial charge in [-0.2, -0.15) is 0 Å². The molecule has 0 bridgehead atoms. The van der Waals surface area contributed by atoms with Gasteiger partial charge in [-0.25, -0.2) is 0 Å². The van der Waals surface area contributed by atoms with Crippen LogP contribution in [0.25, 0.3) is 20.5 Å². The van der Waals surface area contributed by atoms with Crippen LogP contribution >= 0.6 is 27.3 Å². The number of hydrogen-bond acceptors (Lipinski definition) is 10. The van der Waals surface area contributed by atoms with E-state index in [9.17, 15) is 24.3 Å². The average Bonchev–Trinajstić information content (AvgIpc) is 3.65. The number of amides is 4. The highest BCUT2D eigenvalue weighted by Crippen LogP contribution is 2.47. The molecular weight excluding hydrogens is 772 g/mol. The van der Waals surface area contributed by atoms with Crippen LogP contribution in [-0.4, -0.2) is 83.9 Å². The molecule has 0 saturated carbocycles. The third-order valence-electron chi connectivity index (χ3n) is 10.1. The molecule has 1 atom stereocenters. The van der Waals surface area contributed by atoms with Crippen molar-refractivity contribution in [1.82, 2.24) is 15.1 Å². The molecule has 4 heterocycles. The molecule has 2 saturated heterocycles. The summed E-state index contributed by atoms with van der Waals surface area (Å²) in [5.41, 5.74) is 2.50. The molecular formula is C41H37BrN4O7S. The quantitative estimate of drug-likeness (QED) is 0.105. The predicted molar refractivity (Wildman–Crippen MR) is 210 cm³/mol. The third kappa shape index (κ3) is 7.31. The van der Waals surface area contributed by atoms with Crippen LogP contribution in [0, 0.1) is 0 Å². The molecule has 4 aromatic carbocycles. The Balaban J connectivity index is 0.796. The van der Waals surface area contributed by atoms with Gasteiger partial charge in [0.2, 0.25) is 11.8 Å². The Morgan fingerprint density at radius 3 is 2.31 bits per heavy atom. The van der Waals surface area contributed by atoms with Crippen LogP contribution in [0.4, 0.5) is 5.69 Å². The van der Waals surface area contributed by atoms with Crippen molar-refractivity contribution in [2.24, 2.45) is 0 Å². The van der Waals surface area contributed by atoms with E-state index in [0.29, 0.717) is 23.5 Å². The summed E-state index contributed by atoms with van der Waals surface area (Å²) in [6.07, 6.45) is 2.13. The molecule has 0 radical (unpaired) electrons. The van der Waals surface area contributed by atoms with Crippen LogP contribution in [0.15, 0.2) is 89.4 Å². The second kappa shape index (κ2) is 15.2. The fourth-order valence-electron chi connectivity index (χ4n) is 7.19. The van der Waals surface area contributed by atoms with Crippen LogP contribution in [0.1, 0.15) is 46.4 Å². The summed E-state index contributed by atoms with van der Waals surface area (Å²) >= 11 is 5.09. The van der Waals surface area contributed by atoms with E-state index in [1.165, 1.54) is 0 Å². The minimum atomic E-state index is -0.971. The summed E-state index contributed by atoms with van der Waals surface area (Å²) in [6, 6.07) is 25.4. The van der Waals surface area contributed by atoms with Crippen LogP contribution in [0.5, 0.6) is 23.0 Å². The summed E-state index contributed by atoms with van der Waals surface area (Å²) < 4.78 is 14.4. The number of imide groups is 2. The largest absolute Gasteiger partial charge is 0.508 e. The van der Waals surface area contributed by atoms with Gasteiger partial charge in [0.15, 0.2) is 5.75 Å². The first-order valence-corrected chi connectivity index (χ1v) is 19.6. The van der Waals surface area contributed by atoms with E-state index < -0.39 is 29.7 Å². The van der Waals surface area contributed by atoms with Gasteiger partial charge < -0.3 is 19.5 Å². The number of carbonyl (C=O) groups is 4. The summed E-state index contributed by atoms with van der Waals surface area (Å²) in [5.74, 6) is 0.464. The van der Waals surface area contributed by atoms with Gasteiger partial charge in [0.1, 0.15) is 23.3 Å². The second-order valence-corrected chi connectivity index (χ2v) is 15.6. The number of aromatic hydroxyl groups is 1. The molecule has 3 aliphatic heterocycles. The number of hydrogen-bond donors (Lipinski definition) is 2. The number of benzene rings is 4. The number of phenolic OH excluding ortho intramolecular Hbond substituents is 1. The Hall–Kier alpha value is -5.24. The highest BCUT2D eigenvalue weighted by Gasteiger charge is 2.44. The van der Waals surface area contributed by atoms with Crippen molar-refractivity contribution in [3.05, 3.63) is 101 Å². The van der Waals surface area contributed by atoms with E-state index in [0.717, 1.165) is 92.7 Å². The minimum absolute atomic E-state index is 0.0924. The number of piperidine rings is 1. The molecule has 11 nitrogen and oxygen atoms in total. The maximum atomic E-state index is 13.3. The van der Waals surface area contributed by atoms with E-state index in [1.807, 2.05) is 60.7 Å². The SMILES string of the molecule is O=C1CCC(N2C(=O)c3ccc(N4CCN(CCCCOc5ccc(Oc6c(-c7ccc(Br)cc7)sc7cc(O)ccc67)cc5)CC4)cc3C2=O)C(=O)N1. The number of halogens is 1. The van der Waals surface area contributed by atoms with Crippen LogP contribution in [0.3, 0.4) is 0 Å². The lowest BCUT2D eigenvalue weighted by Gasteiger charge is -2.36. The Morgan fingerprint density at radius 2 is 1.56 bits per heavy atom. The molecule has 276 valence electrons. The first-order chi connectivity index (χ1) is 26.2. The van der Waals surface area contributed by atoms with Crippen molar-refractivity contribution >= 4 is 66.7 Å². The van der Waals surface area contributed by atoms with Crippen molar-refractivity contribution in [2.45, 2.75) is 31.7 Å². The maximum Gasteiger partial charge on any atom is 0.262 e. The monoisotopic (exact) mass is 808 g/mol. The normalized spacial score (nSPS) is 17.6. The number of thiophene rings is 1. The first-order valence-electron chi connectivity index (χ1n) is 18.0. The lowest BCUT2D eigenvalue weighted by atomic mass is 10.0. The number of carbonyl (C=O) groups excluding carboxylic acids is 4. The lowest BCUT2D eigenvalue weighted by Crippen LogP contribution is -2.54. The molecule has 0 aliphatic carbocycles. The topological polar surface area (TPSA) is 129 Å². The van der Waals surface area contributed by atoms with Crippen molar-refractivity contribution < 1.29 is 33.8 Å². The highest BCUT2D eigenvalue weighted by atomic mass is 79.9. The smallest absolute Gasteiger partial charge is 0.262 e. The number of ether oxygens (including phenoxy) is 2. The van der Waals surface area contributed by atoms with Gasteiger partial charge in [-0.3, -0.25) is 34.3 Å². The summed E-state index contributed by atoms with van der Waals surface area (Å²) in [4.78, 5) is 56.9. The maximum absolute atomic E-state index is 13.3. The van der Waals surface area contributed by atoms with E-state index in [4.69, 9.17) is 9.47 Å². The van der Waals surface area contributed by atoms with Crippen molar-refractivity contribution in [1.29, 1.82) is 0 Å². The van der Waals surface area contributed by atoms with Crippen LogP contribution in [-0.2, 0) is 9.59 Å². The van der Waals surface area contributed by atoms with Crippen molar-refractivity contribution in [2.75, 3.05) is 44.2 Å². The fourth-order valence-corrected chi connectivity index (χ4v) is 8.62. The fraction of sp³-hybridized carbons (Fsp3) is 0.268. The van der Waals surface area contributed by atoms with E-state index in [2.05, 4.69) is 31.0 Å². The van der Waals surface area contributed by atoms with Gasteiger partial charge in [0.05, 0.1) is 22.6 Å². The van der Waals surface area contributed by atoms with E-state index in [-0.39, 0.29) is 18.6 Å². The number of nitrogens with zero attached hydrogens (tertiary/aromatic N) is 3. The Kier molecular flexibility index (Phi) is 10.1. The lowest BCUT2D eigenvalue weighted by molar-refractivity contribution is -0.136. The molecule has 2 fully saturated rings. The third-order valence-corrected chi connectivity index (χ3v) is 11.8. The number of anilines is 1. The summed E-state index contributed by atoms with van der Waals surface area (Å²) in [6.45, 7) is 4.88. The zero-order chi connectivity index (χ0) is 37.3. The molecule has 1 unspecified atom stereocenters. The molecule has 1 aromatic heterocycles. The molecule has 5 aromatic rings. The zero-order valence-electron chi connectivity index (χ0n) is 29.3. The van der Waals surface area contributed by atoms with Crippen LogP contribution < -0.4 is 19.7 Å². The van der Waals surface area contributed by atoms with Crippen molar-refractivity contribution in [3.63, 3.8) is 0 Å². The van der Waals surface area contributed by atoms with Gasteiger partial charge >= 0.3 is 0 Å². The molecule has 2 N–H and O–H groups in total. The van der Waals surface area contributed by atoms with Gasteiger partial charge in [-0.15, -0.1) is 11.3 Å². The minimum Gasteiger partial charge on any atom is -0.508 e. The van der Waals surface area contributed by atoms with E-state index in [1.54, 1.807) is 35.6 Å². The molecule has 13 heteroatoms. The molecule has 0 spiro atoms. The summed E-state index contributed by atoms with van der Waals surface area (Å²) in [5, 5.41) is 13.2. The number of phenols is 1. The van der Waals surface area contributed by atoms with Gasteiger partial charge in [-0.05, 0) is 104 Å². The van der Waals surface area contributed by atoms with Gasteiger partial charge in [0, 0.05) is 52.8 Å². The average molecular weight is 810 g/mol. The van der Waals surface area contributed by atoms with Gasteiger partial charge in [-0.1, -0.05) is 28.1 Å². The molecule has 4 amide bonds. The summed E-state index contributed by atoms with van der Waals surface area (Å²) in [7, 11) is 0. The predicted octanol–water partition coefficient (Wildman–Crippen LogP) is 7.21. The Morgan fingerprint density at radius 1 is 0.815 bits per heavy atom. The second-order valence-electron chi connectivity index (χ2n) is 13.6. The number of nitrogens with one attached hydrogen (secondary N) is 1. The molecule has 8 rings (SSSR count). The number of piperazine rings is 1. The zero-order valence-corrected chi connectivity index (χ0v) is 31.7. The standard InChI is InChI=1S/C41H37BrN4O7S/c42-26-5-3-25(4-6-26)38-37(32-14-8-28(47)24-35(32)54-38)53-30-11-9-29(10-12-30)52-22-2-1-17-44-18-20-45(21-19-44)27-7-13-31-33(23-27)41(51)46(40(31)50)34-15-16-36(48)43-39(34)49/h3-14,23-24,34,47H,1-2,15-22H2,(H,43,48,49). The van der Waals surface area contributed by atoms with Crippen molar-refractivity contribution in [3.8, 4) is 33.4 Å². The molecule has 54 heavy (non-hydrogen) atoms. The van der Waals surface area contributed by atoms with E-state index >= 15 is 0 Å². The number of rotatable bonds is 11. The molecule has 3 aliphatic rings.